The first kappa shape index (κ1) is 33.6. The van der Waals surface area contributed by atoms with Gasteiger partial charge in [0.05, 0.1) is 19.4 Å². The molecule has 0 atom stereocenters. The van der Waals surface area contributed by atoms with E-state index in [9.17, 15) is 0 Å². The Balaban J connectivity index is 3.43. The van der Waals surface area contributed by atoms with E-state index in [-0.39, 0.29) is 0 Å². The molecule has 0 aromatic rings. The summed E-state index contributed by atoms with van der Waals surface area (Å²) in [7, 11) is 0. The zero-order chi connectivity index (χ0) is 25.0. The predicted octanol–water partition coefficient (Wildman–Crippen LogP) is 10.8. The summed E-state index contributed by atoms with van der Waals surface area (Å²) in [4.78, 5) is 0. The van der Waals surface area contributed by atoms with Crippen molar-refractivity contribution < 1.29 is 9.47 Å². The van der Waals surface area contributed by atoms with Crippen LogP contribution in [-0.2, 0) is 9.47 Å². The molecule has 0 aliphatic heterocycles. The van der Waals surface area contributed by atoms with Crippen molar-refractivity contribution in [3.05, 3.63) is 0 Å². The van der Waals surface area contributed by atoms with Crippen LogP contribution in [-0.4, -0.2) is 25.2 Å². The fraction of sp³-hybridized carbons (Fsp3) is 0.968. The van der Waals surface area contributed by atoms with E-state index in [4.69, 9.17) is 14.9 Å². The summed E-state index contributed by atoms with van der Waals surface area (Å²) in [5.74, 6) is -0.838. The highest BCUT2D eigenvalue weighted by Gasteiger charge is 2.22. The normalized spacial score (nSPS) is 11.9. The summed E-state index contributed by atoms with van der Waals surface area (Å²) in [6.07, 6.45) is 33.7. The first-order valence-electron chi connectivity index (χ1n) is 15.5. The molecule has 3 heteroatoms. The van der Waals surface area contributed by atoms with E-state index in [2.05, 4.69) is 13.8 Å². The highest BCUT2D eigenvalue weighted by Crippen LogP contribution is 2.16. The Bertz CT molecular complexity index is 369. The Morgan fingerprint density at radius 1 is 0.441 bits per heavy atom. The van der Waals surface area contributed by atoms with Crippen molar-refractivity contribution in [1.82, 2.24) is 0 Å². The molecule has 3 nitrogen and oxygen atoms in total. The van der Waals surface area contributed by atoms with E-state index >= 15 is 0 Å². The Labute approximate surface area is 215 Å². The molecule has 0 bridgehead atoms. The van der Waals surface area contributed by atoms with Gasteiger partial charge >= 0.3 is 0 Å². The maximum absolute atomic E-state index is 7.71. The molecule has 0 spiro atoms. The smallest absolute Gasteiger partial charge is 0.201 e. The van der Waals surface area contributed by atoms with Crippen LogP contribution in [0.25, 0.3) is 0 Å². The molecule has 34 heavy (non-hydrogen) atoms. The molecule has 0 rings (SSSR count). The lowest BCUT2D eigenvalue weighted by Gasteiger charge is -2.25. The van der Waals surface area contributed by atoms with Gasteiger partial charge < -0.3 is 14.9 Å². The standard InChI is InChI=1S/C31H63NO2/c1-4-6-8-10-12-14-16-18-20-22-24-26-28-33-31(3,30-32)34-29-27-25-23-21-19-17-15-13-11-9-7-5-2/h30,32H,4-29H2,1-3H3. The second-order valence-corrected chi connectivity index (χ2v) is 10.6. The first-order valence-corrected chi connectivity index (χ1v) is 15.5. The molecule has 0 radical (unpaired) electrons. The molecule has 0 unspecified atom stereocenters. The van der Waals surface area contributed by atoms with Crippen LogP contribution in [0.15, 0.2) is 0 Å². The largest absolute Gasteiger partial charge is 0.345 e. The molecule has 0 fully saturated rings. The number of rotatable bonds is 29. The lowest BCUT2D eigenvalue weighted by atomic mass is 10.1. The van der Waals surface area contributed by atoms with Crippen molar-refractivity contribution in [2.24, 2.45) is 0 Å². The molecule has 0 aliphatic rings. The zero-order valence-corrected chi connectivity index (χ0v) is 23.8. The molecule has 1 N–H and O–H groups in total. The van der Waals surface area contributed by atoms with Gasteiger partial charge in [0.25, 0.3) is 0 Å². The van der Waals surface area contributed by atoms with Crippen LogP contribution >= 0.6 is 0 Å². The van der Waals surface area contributed by atoms with Crippen LogP contribution in [0, 0.1) is 5.41 Å². The quantitative estimate of drug-likeness (QED) is 0.0655. The van der Waals surface area contributed by atoms with Crippen LogP contribution in [0.1, 0.15) is 175 Å². The third kappa shape index (κ3) is 24.7. The van der Waals surface area contributed by atoms with Gasteiger partial charge in [0.1, 0.15) is 0 Å². The Morgan fingerprint density at radius 3 is 0.912 bits per heavy atom. The van der Waals surface area contributed by atoms with Gasteiger partial charge in [0.2, 0.25) is 5.79 Å². The third-order valence-electron chi connectivity index (χ3n) is 7.04. The summed E-state index contributed by atoms with van der Waals surface area (Å²) in [6.45, 7) is 7.85. The average Bonchev–Trinajstić information content (AvgIpc) is 2.85. The van der Waals surface area contributed by atoms with E-state index in [1.807, 2.05) is 6.92 Å². The molecule has 0 aromatic heterocycles. The third-order valence-corrected chi connectivity index (χ3v) is 7.04. The van der Waals surface area contributed by atoms with E-state index in [1.54, 1.807) is 0 Å². The van der Waals surface area contributed by atoms with E-state index in [0.29, 0.717) is 13.2 Å². The maximum atomic E-state index is 7.71. The van der Waals surface area contributed by atoms with Crippen molar-refractivity contribution in [2.45, 2.75) is 181 Å². The van der Waals surface area contributed by atoms with Gasteiger partial charge in [-0.25, -0.2) is 0 Å². The van der Waals surface area contributed by atoms with Gasteiger partial charge in [-0.05, 0) is 19.8 Å². The molecular weight excluding hydrogens is 418 g/mol. The molecule has 0 heterocycles. The van der Waals surface area contributed by atoms with E-state index in [1.165, 1.54) is 147 Å². The SMILES string of the molecule is CCCCCCCCCCCCCCOC(C)(C=N)OCCCCCCCCCCCCCC. The van der Waals surface area contributed by atoms with Gasteiger partial charge in [-0.1, -0.05) is 155 Å². The van der Waals surface area contributed by atoms with Crippen LogP contribution < -0.4 is 0 Å². The topological polar surface area (TPSA) is 42.3 Å². The number of hydrogen-bond donors (Lipinski definition) is 1. The van der Waals surface area contributed by atoms with Gasteiger partial charge in [0.15, 0.2) is 0 Å². The van der Waals surface area contributed by atoms with Crippen molar-refractivity contribution >= 4 is 6.21 Å². The lowest BCUT2D eigenvalue weighted by Crippen LogP contribution is -2.34. The number of ether oxygens (including phenoxy) is 2. The van der Waals surface area contributed by atoms with E-state index < -0.39 is 5.79 Å². The summed E-state index contributed by atoms with van der Waals surface area (Å²) in [5, 5.41) is 7.71. The molecule has 0 aromatic carbocycles. The van der Waals surface area contributed by atoms with Crippen LogP contribution in [0.2, 0.25) is 0 Å². The minimum absolute atomic E-state index is 0.696. The number of nitrogens with one attached hydrogen (secondary N) is 1. The van der Waals surface area contributed by atoms with Crippen LogP contribution in [0.5, 0.6) is 0 Å². The Morgan fingerprint density at radius 2 is 0.676 bits per heavy atom. The molecule has 0 aliphatic carbocycles. The minimum Gasteiger partial charge on any atom is -0.345 e. The highest BCUT2D eigenvalue weighted by atomic mass is 16.7. The Kier molecular flexibility index (Phi) is 26.9. The second-order valence-electron chi connectivity index (χ2n) is 10.6. The summed E-state index contributed by atoms with van der Waals surface area (Å²) in [5.41, 5.74) is 0. The molecule has 204 valence electrons. The summed E-state index contributed by atoms with van der Waals surface area (Å²) in [6, 6.07) is 0. The van der Waals surface area contributed by atoms with Gasteiger partial charge in [-0.3, -0.25) is 0 Å². The zero-order valence-electron chi connectivity index (χ0n) is 23.8. The van der Waals surface area contributed by atoms with Crippen molar-refractivity contribution in [3.8, 4) is 0 Å². The number of hydrogen-bond acceptors (Lipinski definition) is 3. The van der Waals surface area contributed by atoms with Crippen LogP contribution in [0.3, 0.4) is 0 Å². The summed E-state index contributed by atoms with van der Waals surface area (Å²) < 4.78 is 11.8. The maximum Gasteiger partial charge on any atom is 0.201 e. The van der Waals surface area contributed by atoms with Crippen molar-refractivity contribution in [1.29, 1.82) is 5.41 Å². The monoisotopic (exact) mass is 481 g/mol. The predicted molar refractivity (Wildman–Crippen MR) is 151 cm³/mol. The van der Waals surface area contributed by atoms with Crippen molar-refractivity contribution in [2.75, 3.05) is 13.2 Å². The lowest BCUT2D eigenvalue weighted by molar-refractivity contribution is -0.175. The second kappa shape index (κ2) is 27.2. The van der Waals surface area contributed by atoms with Gasteiger partial charge in [-0.15, -0.1) is 0 Å². The van der Waals surface area contributed by atoms with Crippen molar-refractivity contribution in [3.63, 3.8) is 0 Å². The van der Waals surface area contributed by atoms with Gasteiger partial charge in [0, 0.05) is 0 Å². The molecule has 0 amide bonds. The fourth-order valence-corrected chi connectivity index (χ4v) is 4.56. The molecule has 0 saturated carbocycles. The van der Waals surface area contributed by atoms with E-state index in [0.717, 1.165) is 12.8 Å². The summed E-state index contributed by atoms with van der Waals surface area (Å²) >= 11 is 0. The van der Waals surface area contributed by atoms with Crippen LogP contribution in [0.4, 0.5) is 0 Å². The molecule has 0 saturated heterocycles. The number of unbranched alkanes of at least 4 members (excludes halogenated alkanes) is 22. The van der Waals surface area contributed by atoms with Gasteiger partial charge in [-0.2, -0.15) is 0 Å². The first-order chi connectivity index (χ1) is 16.7. The fourth-order valence-electron chi connectivity index (χ4n) is 4.56. The Hall–Kier alpha value is -0.410. The average molecular weight is 482 g/mol. The highest BCUT2D eigenvalue weighted by molar-refractivity contribution is 5.62. The molecular formula is C31H63NO2. The minimum atomic E-state index is -0.838.